The van der Waals surface area contributed by atoms with Crippen molar-refractivity contribution in [1.29, 1.82) is 0 Å². The summed E-state index contributed by atoms with van der Waals surface area (Å²) in [7, 11) is 3.77. The smallest absolute Gasteiger partial charge is 0.307 e. The average molecular weight is 311 g/mol. The van der Waals surface area contributed by atoms with Gasteiger partial charge in [-0.25, -0.2) is 0 Å². The van der Waals surface area contributed by atoms with Crippen molar-refractivity contribution in [3.05, 3.63) is 59.2 Å². The summed E-state index contributed by atoms with van der Waals surface area (Å²) in [6.45, 7) is 0. The molecule has 0 amide bonds. The second-order valence-electron chi connectivity index (χ2n) is 5.97. The first-order chi connectivity index (χ1) is 11.1. The molecule has 0 saturated carbocycles. The number of carbonyl (C=O) groups is 1. The third-order valence-electron chi connectivity index (χ3n) is 4.53. The van der Waals surface area contributed by atoms with E-state index in [-0.39, 0.29) is 6.42 Å². The Kier molecular flexibility index (Phi) is 4.24. The number of carboxylic acid groups (broad SMARTS) is 1. The largest absolute Gasteiger partial charge is 0.497 e. The number of methoxy groups -OCH3 is 1. The van der Waals surface area contributed by atoms with E-state index >= 15 is 0 Å². The van der Waals surface area contributed by atoms with Crippen LogP contribution >= 0.6 is 0 Å². The van der Waals surface area contributed by atoms with Gasteiger partial charge in [-0.05, 0) is 47.7 Å². The first-order valence-corrected chi connectivity index (χ1v) is 7.79. The van der Waals surface area contributed by atoms with Crippen molar-refractivity contribution in [2.75, 3.05) is 19.1 Å². The molecular formula is C19H21NO3. The average Bonchev–Trinajstić information content (AvgIpc) is 2.55. The predicted molar refractivity (Wildman–Crippen MR) is 90.2 cm³/mol. The van der Waals surface area contributed by atoms with Crippen LogP contribution in [0.15, 0.2) is 42.5 Å². The van der Waals surface area contributed by atoms with Crippen molar-refractivity contribution in [1.82, 2.24) is 0 Å². The molecule has 23 heavy (non-hydrogen) atoms. The topological polar surface area (TPSA) is 49.8 Å². The number of aliphatic carboxylic acids is 1. The van der Waals surface area contributed by atoms with E-state index in [4.69, 9.17) is 9.84 Å². The van der Waals surface area contributed by atoms with Gasteiger partial charge in [0, 0.05) is 12.7 Å². The number of hydrogen-bond acceptors (Lipinski definition) is 3. The van der Waals surface area contributed by atoms with E-state index in [9.17, 15) is 4.79 Å². The normalized spacial score (nSPS) is 16.8. The molecule has 0 spiro atoms. The number of ether oxygens (including phenoxy) is 1. The highest BCUT2D eigenvalue weighted by atomic mass is 16.5. The Morgan fingerprint density at radius 2 is 2.00 bits per heavy atom. The second-order valence-corrected chi connectivity index (χ2v) is 5.97. The molecule has 4 nitrogen and oxygen atoms in total. The number of benzene rings is 2. The van der Waals surface area contributed by atoms with Gasteiger partial charge >= 0.3 is 5.97 Å². The summed E-state index contributed by atoms with van der Waals surface area (Å²) in [4.78, 5) is 13.2. The fourth-order valence-electron chi connectivity index (χ4n) is 3.34. The van der Waals surface area contributed by atoms with Crippen LogP contribution in [0.3, 0.4) is 0 Å². The Bertz CT molecular complexity index is 709. The van der Waals surface area contributed by atoms with Crippen molar-refractivity contribution >= 4 is 11.7 Å². The summed E-state index contributed by atoms with van der Waals surface area (Å²) < 4.78 is 5.22. The van der Waals surface area contributed by atoms with E-state index < -0.39 is 5.97 Å². The molecule has 1 N–H and O–H groups in total. The van der Waals surface area contributed by atoms with Crippen LogP contribution in [0.1, 0.15) is 29.2 Å². The highest BCUT2D eigenvalue weighted by Gasteiger charge is 2.25. The number of carboxylic acids is 1. The van der Waals surface area contributed by atoms with Gasteiger partial charge < -0.3 is 14.7 Å². The molecule has 1 unspecified atom stereocenters. The first kappa shape index (κ1) is 15.4. The van der Waals surface area contributed by atoms with E-state index in [1.54, 1.807) is 7.11 Å². The maximum atomic E-state index is 10.9. The molecule has 1 aliphatic heterocycles. The zero-order valence-electron chi connectivity index (χ0n) is 13.5. The molecule has 0 aromatic heterocycles. The Morgan fingerprint density at radius 3 is 2.65 bits per heavy atom. The number of rotatable bonds is 4. The SMILES string of the molecule is COc1ccc(C2CCc3cc(CC(=O)O)ccc3N2C)cc1. The number of fused-ring (bicyclic) bond motifs is 1. The third-order valence-corrected chi connectivity index (χ3v) is 4.53. The fraction of sp³-hybridized carbons (Fsp3) is 0.316. The zero-order valence-corrected chi connectivity index (χ0v) is 13.5. The Hall–Kier alpha value is -2.49. The molecule has 0 radical (unpaired) electrons. The molecule has 2 aromatic carbocycles. The van der Waals surface area contributed by atoms with Gasteiger partial charge in [0.05, 0.1) is 19.6 Å². The first-order valence-electron chi connectivity index (χ1n) is 7.79. The summed E-state index contributed by atoms with van der Waals surface area (Å²) in [6.07, 6.45) is 2.06. The molecule has 0 bridgehead atoms. The van der Waals surface area contributed by atoms with Crippen molar-refractivity contribution in [3.63, 3.8) is 0 Å². The molecule has 2 aromatic rings. The molecule has 0 aliphatic carbocycles. The lowest BCUT2D eigenvalue weighted by Gasteiger charge is -2.36. The van der Waals surface area contributed by atoms with Gasteiger partial charge in [0.25, 0.3) is 0 Å². The highest BCUT2D eigenvalue weighted by molar-refractivity contribution is 5.71. The molecule has 0 saturated heterocycles. The van der Waals surface area contributed by atoms with Crippen LogP contribution in [-0.2, 0) is 17.6 Å². The molecule has 1 aliphatic rings. The summed E-state index contributed by atoms with van der Waals surface area (Å²) in [6, 6.07) is 14.5. The predicted octanol–water partition coefficient (Wildman–Crippen LogP) is 3.45. The van der Waals surface area contributed by atoms with Crippen molar-refractivity contribution in [3.8, 4) is 5.75 Å². The van der Waals surface area contributed by atoms with Crippen LogP contribution in [0.5, 0.6) is 5.75 Å². The van der Waals surface area contributed by atoms with Gasteiger partial charge in [0.1, 0.15) is 5.75 Å². The minimum absolute atomic E-state index is 0.0822. The maximum Gasteiger partial charge on any atom is 0.307 e. The monoisotopic (exact) mass is 311 g/mol. The summed E-state index contributed by atoms with van der Waals surface area (Å²) in [5.74, 6) is 0.0798. The minimum atomic E-state index is -0.787. The van der Waals surface area contributed by atoms with Gasteiger partial charge in [-0.3, -0.25) is 4.79 Å². The zero-order chi connectivity index (χ0) is 16.4. The molecule has 0 fully saturated rings. The lowest BCUT2D eigenvalue weighted by atomic mass is 9.90. The Balaban J connectivity index is 1.85. The quantitative estimate of drug-likeness (QED) is 0.939. The third kappa shape index (κ3) is 3.16. The summed E-state index contributed by atoms with van der Waals surface area (Å²) >= 11 is 0. The Labute approximate surface area is 136 Å². The van der Waals surface area contributed by atoms with Crippen LogP contribution in [0, 0.1) is 0 Å². The summed E-state index contributed by atoms with van der Waals surface area (Å²) in [5.41, 5.74) is 4.56. The van der Waals surface area contributed by atoms with Gasteiger partial charge in [0.15, 0.2) is 0 Å². The molecule has 3 rings (SSSR count). The molecule has 4 heteroatoms. The van der Waals surface area contributed by atoms with Crippen LogP contribution in [-0.4, -0.2) is 25.2 Å². The molecule has 1 atom stereocenters. The number of aryl methyl sites for hydroxylation is 1. The summed E-state index contributed by atoms with van der Waals surface area (Å²) in [5, 5.41) is 8.94. The second kappa shape index (κ2) is 6.32. The Morgan fingerprint density at radius 1 is 1.26 bits per heavy atom. The fourth-order valence-corrected chi connectivity index (χ4v) is 3.34. The van der Waals surface area contributed by atoms with Crippen molar-refractivity contribution in [2.45, 2.75) is 25.3 Å². The van der Waals surface area contributed by atoms with Gasteiger partial charge in [-0.15, -0.1) is 0 Å². The number of anilines is 1. The van der Waals surface area contributed by atoms with Crippen LogP contribution in [0.2, 0.25) is 0 Å². The van der Waals surface area contributed by atoms with Crippen LogP contribution in [0.25, 0.3) is 0 Å². The van der Waals surface area contributed by atoms with Gasteiger partial charge in [-0.2, -0.15) is 0 Å². The van der Waals surface area contributed by atoms with E-state index in [0.29, 0.717) is 6.04 Å². The van der Waals surface area contributed by atoms with Crippen LogP contribution in [0.4, 0.5) is 5.69 Å². The van der Waals surface area contributed by atoms with E-state index in [2.05, 4.69) is 24.1 Å². The van der Waals surface area contributed by atoms with Crippen molar-refractivity contribution < 1.29 is 14.6 Å². The van der Waals surface area contributed by atoms with Gasteiger partial charge in [0.2, 0.25) is 0 Å². The van der Waals surface area contributed by atoms with E-state index in [1.165, 1.54) is 16.8 Å². The molecule has 120 valence electrons. The van der Waals surface area contributed by atoms with E-state index in [1.807, 2.05) is 30.3 Å². The number of nitrogens with zero attached hydrogens (tertiary/aromatic N) is 1. The van der Waals surface area contributed by atoms with Crippen molar-refractivity contribution in [2.24, 2.45) is 0 Å². The van der Waals surface area contributed by atoms with Gasteiger partial charge in [-0.1, -0.05) is 24.3 Å². The standard InChI is InChI=1S/C19H21NO3/c1-20-17(14-4-7-16(23-2)8-5-14)10-6-15-11-13(12-19(21)22)3-9-18(15)20/h3-5,7-9,11,17H,6,10,12H2,1-2H3,(H,21,22). The minimum Gasteiger partial charge on any atom is -0.497 e. The molecule has 1 heterocycles. The van der Waals surface area contributed by atoms with Crippen LogP contribution < -0.4 is 9.64 Å². The van der Waals surface area contributed by atoms with E-state index in [0.717, 1.165) is 24.2 Å². The lowest BCUT2D eigenvalue weighted by molar-refractivity contribution is -0.136. The molecular weight excluding hydrogens is 290 g/mol. The lowest BCUT2D eigenvalue weighted by Crippen LogP contribution is -2.29. The maximum absolute atomic E-state index is 10.9. The highest BCUT2D eigenvalue weighted by Crippen LogP contribution is 2.38. The number of hydrogen-bond donors (Lipinski definition) is 1.